The number of ether oxygens (including phenoxy) is 2. The summed E-state index contributed by atoms with van der Waals surface area (Å²) in [7, 11) is 1.65. The summed E-state index contributed by atoms with van der Waals surface area (Å²) in [6, 6.07) is 8.84. The van der Waals surface area contributed by atoms with Crippen LogP contribution in [0.2, 0.25) is 0 Å². The molecular formula is C19H28N2O3. The van der Waals surface area contributed by atoms with Gasteiger partial charge in [-0.15, -0.1) is 0 Å². The average molecular weight is 332 g/mol. The first-order valence-electron chi connectivity index (χ1n) is 9.02. The van der Waals surface area contributed by atoms with Crippen molar-refractivity contribution in [1.29, 1.82) is 0 Å². The molecule has 2 unspecified atom stereocenters. The Kier molecular flexibility index (Phi) is 5.96. The van der Waals surface area contributed by atoms with E-state index in [1.165, 1.54) is 12.8 Å². The maximum atomic E-state index is 12.1. The number of piperidine rings is 1. The number of carbonyl (C=O) groups excluding carboxylic acids is 1. The van der Waals surface area contributed by atoms with Crippen LogP contribution in [0.5, 0.6) is 11.5 Å². The van der Waals surface area contributed by atoms with E-state index in [0.717, 1.165) is 30.8 Å². The van der Waals surface area contributed by atoms with Gasteiger partial charge in [0.1, 0.15) is 11.5 Å². The molecule has 2 bridgehead atoms. The molecule has 2 heterocycles. The van der Waals surface area contributed by atoms with E-state index in [2.05, 4.69) is 10.6 Å². The van der Waals surface area contributed by atoms with Crippen LogP contribution in [0.1, 0.15) is 38.5 Å². The maximum absolute atomic E-state index is 12.1. The van der Waals surface area contributed by atoms with Crippen molar-refractivity contribution in [2.45, 2.75) is 50.6 Å². The lowest BCUT2D eigenvalue weighted by molar-refractivity contribution is -0.122. The molecule has 24 heavy (non-hydrogen) atoms. The van der Waals surface area contributed by atoms with Gasteiger partial charge in [-0.3, -0.25) is 4.79 Å². The Balaban J connectivity index is 1.26. The predicted octanol–water partition coefficient (Wildman–Crippen LogP) is 2.50. The monoisotopic (exact) mass is 332 g/mol. The van der Waals surface area contributed by atoms with Crippen molar-refractivity contribution in [3.8, 4) is 11.5 Å². The highest BCUT2D eigenvalue weighted by Crippen LogP contribution is 2.32. The molecule has 5 nitrogen and oxygen atoms in total. The number of methoxy groups -OCH3 is 1. The standard InChI is InChI=1S/C19H28N2O3/c1-23-17-5-7-18(8-6-17)24-10-2-9-20-19(22)13-14-11-15-3-4-16(12-14)21-15/h5-8,14-16,21H,2-4,9-13H2,1H3,(H,20,22). The summed E-state index contributed by atoms with van der Waals surface area (Å²) in [6.07, 6.45) is 6.37. The van der Waals surface area contributed by atoms with E-state index < -0.39 is 0 Å². The van der Waals surface area contributed by atoms with Crippen molar-refractivity contribution < 1.29 is 14.3 Å². The number of benzene rings is 1. The summed E-state index contributed by atoms with van der Waals surface area (Å²) < 4.78 is 10.8. The van der Waals surface area contributed by atoms with Crippen LogP contribution >= 0.6 is 0 Å². The zero-order valence-corrected chi connectivity index (χ0v) is 14.4. The van der Waals surface area contributed by atoms with Crippen molar-refractivity contribution in [3.05, 3.63) is 24.3 Å². The minimum absolute atomic E-state index is 0.186. The Bertz CT molecular complexity index is 520. The Morgan fingerprint density at radius 1 is 1.17 bits per heavy atom. The molecule has 2 N–H and O–H groups in total. The normalized spacial score (nSPS) is 25.3. The zero-order chi connectivity index (χ0) is 16.8. The number of carbonyl (C=O) groups is 1. The molecular weight excluding hydrogens is 304 g/mol. The summed E-state index contributed by atoms with van der Waals surface area (Å²) in [5.74, 6) is 2.39. The number of hydrogen-bond acceptors (Lipinski definition) is 4. The molecule has 3 rings (SSSR count). The van der Waals surface area contributed by atoms with Crippen molar-refractivity contribution in [2.24, 2.45) is 5.92 Å². The molecule has 2 atom stereocenters. The maximum Gasteiger partial charge on any atom is 0.220 e. The van der Waals surface area contributed by atoms with E-state index in [4.69, 9.17) is 9.47 Å². The van der Waals surface area contributed by atoms with Gasteiger partial charge in [0.05, 0.1) is 13.7 Å². The molecule has 2 saturated heterocycles. The first-order valence-corrected chi connectivity index (χ1v) is 9.02. The Labute approximate surface area is 144 Å². The van der Waals surface area contributed by atoms with E-state index >= 15 is 0 Å². The third-order valence-electron chi connectivity index (χ3n) is 5.02. The number of rotatable bonds is 8. The lowest BCUT2D eigenvalue weighted by Gasteiger charge is -2.28. The highest BCUT2D eigenvalue weighted by Gasteiger charge is 2.33. The third-order valence-corrected chi connectivity index (χ3v) is 5.02. The topological polar surface area (TPSA) is 59.6 Å². The van der Waals surface area contributed by atoms with Crippen LogP contribution in [0.3, 0.4) is 0 Å². The molecule has 2 fully saturated rings. The summed E-state index contributed by atoms with van der Waals surface area (Å²) in [4.78, 5) is 12.1. The van der Waals surface area contributed by atoms with Gasteiger partial charge >= 0.3 is 0 Å². The van der Waals surface area contributed by atoms with E-state index in [9.17, 15) is 4.79 Å². The minimum atomic E-state index is 0.186. The van der Waals surface area contributed by atoms with Crippen LogP contribution in [-0.4, -0.2) is 38.3 Å². The van der Waals surface area contributed by atoms with Crippen LogP contribution in [0, 0.1) is 5.92 Å². The Hall–Kier alpha value is -1.75. The second-order valence-electron chi connectivity index (χ2n) is 6.91. The van der Waals surface area contributed by atoms with E-state index in [1.54, 1.807) is 7.11 Å². The molecule has 2 aliphatic rings. The molecule has 2 aliphatic heterocycles. The summed E-state index contributed by atoms with van der Waals surface area (Å²) in [6.45, 7) is 1.27. The highest BCUT2D eigenvalue weighted by molar-refractivity contribution is 5.76. The molecule has 0 radical (unpaired) electrons. The second-order valence-corrected chi connectivity index (χ2v) is 6.91. The van der Waals surface area contributed by atoms with Crippen molar-refractivity contribution in [3.63, 3.8) is 0 Å². The van der Waals surface area contributed by atoms with Gasteiger partial charge in [0, 0.05) is 25.0 Å². The fourth-order valence-corrected chi connectivity index (χ4v) is 3.84. The van der Waals surface area contributed by atoms with Crippen LogP contribution in [0.15, 0.2) is 24.3 Å². The summed E-state index contributed by atoms with van der Waals surface area (Å²) in [5, 5.41) is 6.65. The molecule has 1 amide bonds. The SMILES string of the molecule is COc1ccc(OCCCNC(=O)CC2CC3CCC(C2)N3)cc1. The predicted molar refractivity (Wildman–Crippen MR) is 93.4 cm³/mol. The van der Waals surface area contributed by atoms with Crippen molar-refractivity contribution >= 4 is 5.91 Å². The second kappa shape index (κ2) is 8.38. The fourth-order valence-electron chi connectivity index (χ4n) is 3.84. The molecule has 132 valence electrons. The highest BCUT2D eigenvalue weighted by atomic mass is 16.5. The molecule has 0 aliphatic carbocycles. The van der Waals surface area contributed by atoms with Gasteiger partial charge in [0.2, 0.25) is 5.91 Å². The molecule has 1 aromatic rings. The van der Waals surface area contributed by atoms with Gasteiger partial charge in [0.15, 0.2) is 0 Å². The van der Waals surface area contributed by atoms with Gasteiger partial charge in [-0.05, 0) is 62.3 Å². The molecule has 0 spiro atoms. The van der Waals surface area contributed by atoms with Crippen molar-refractivity contribution in [2.75, 3.05) is 20.3 Å². The Morgan fingerprint density at radius 2 is 1.83 bits per heavy atom. The fraction of sp³-hybridized carbons (Fsp3) is 0.632. The first-order chi connectivity index (χ1) is 11.7. The lowest BCUT2D eigenvalue weighted by Crippen LogP contribution is -2.39. The van der Waals surface area contributed by atoms with Crippen LogP contribution < -0.4 is 20.1 Å². The quantitative estimate of drug-likeness (QED) is 0.718. The van der Waals surface area contributed by atoms with Crippen LogP contribution in [0.4, 0.5) is 0 Å². The zero-order valence-electron chi connectivity index (χ0n) is 14.4. The summed E-state index contributed by atoms with van der Waals surface area (Å²) >= 11 is 0. The van der Waals surface area contributed by atoms with Crippen LogP contribution in [0.25, 0.3) is 0 Å². The third kappa shape index (κ3) is 4.87. The van der Waals surface area contributed by atoms with Gasteiger partial charge in [-0.1, -0.05) is 0 Å². The molecule has 0 saturated carbocycles. The van der Waals surface area contributed by atoms with Gasteiger partial charge in [-0.25, -0.2) is 0 Å². The average Bonchev–Trinajstić information content (AvgIpc) is 2.93. The Morgan fingerprint density at radius 3 is 2.50 bits per heavy atom. The number of amides is 1. The minimum Gasteiger partial charge on any atom is -0.497 e. The number of nitrogens with one attached hydrogen (secondary N) is 2. The molecule has 1 aromatic carbocycles. The van der Waals surface area contributed by atoms with Gasteiger partial charge in [-0.2, -0.15) is 0 Å². The number of fused-ring (bicyclic) bond motifs is 2. The van der Waals surface area contributed by atoms with Gasteiger partial charge < -0.3 is 20.1 Å². The molecule has 5 heteroatoms. The van der Waals surface area contributed by atoms with Crippen molar-refractivity contribution in [1.82, 2.24) is 10.6 Å². The number of hydrogen-bond donors (Lipinski definition) is 2. The first kappa shape index (κ1) is 17.1. The molecule has 0 aromatic heterocycles. The lowest BCUT2D eigenvalue weighted by atomic mass is 9.89. The van der Waals surface area contributed by atoms with Gasteiger partial charge in [0.25, 0.3) is 0 Å². The van der Waals surface area contributed by atoms with Crippen LogP contribution in [-0.2, 0) is 4.79 Å². The van der Waals surface area contributed by atoms with E-state index in [0.29, 0.717) is 37.6 Å². The smallest absolute Gasteiger partial charge is 0.220 e. The largest absolute Gasteiger partial charge is 0.497 e. The summed E-state index contributed by atoms with van der Waals surface area (Å²) in [5.41, 5.74) is 0. The van der Waals surface area contributed by atoms with E-state index in [-0.39, 0.29) is 5.91 Å². The van der Waals surface area contributed by atoms with E-state index in [1.807, 2.05) is 24.3 Å².